The Morgan fingerprint density at radius 3 is 2.71 bits per heavy atom. The number of nitrogens with one attached hydrogen (secondary N) is 1. The molecule has 0 unspecified atom stereocenters. The van der Waals surface area contributed by atoms with Crippen molar-refractivity contribution < 1.29 is 4.92 Å². The fourth-order valence-electron chi connectivity index (χ4n) is 1.55. The Labute approximate surface area is 100 Å². The van der Waals surface area contributed by atoms with Crippen LogP contribution in [0.5, 0.6) is 0 Å². The van der Waals surface area contributed by atoms with Gasteiger partial charge in [0.1, 0.15) is 5.69 Å². The van der Waals surface area contributed by atoms with Crippen LogP contribution in [0.3, 0.4) is 0 Å². The van der Waals surface area contributed by atoms with Crippen molar-refractivity contribution in [2.45, 2.75) is 27.2 Å². The summed E-state index contributed by atoms with van der Waals surface area (Å²) in [5.41, 5.74) is 1.76. The molecule has 0 radical (unpaired) electrons. The molecular weight excluding hydrogens is 220 g/mol. The average molecular weight is 238 g/mol. The minimum Gasteiger partial charge on any atom is -0.361 e. The molecule has 94 valence electrons. The first kappa shape index (κ1) is 13.2. The second kappa shape index (κ2) is 5.47. The van der Waals surface area contributed by atoms with Crippen molar-refractivity contribution >= 4 is 11.5 Å². The molecule has 0 atom stereocenters. The maximum Gasteiger partial charge on any atom is 0.333 e. The van der Waals surface area contributed by atoms with Gasteiger partial charge in [0.15, 0.2) is 0 Å². The minimum absolute atomic E-state index is 0.0807. The lowest BCUT2D eigenvalue weighted by molar-refractivity contribution is -0.384. The van der Waals surface area contributed by atoms with Crippen LogP contribution in [0, 0.1) is 10.1 Å². The van der Waals surface area contributed by atoms with Crippen molar-refractivity contribution in [2.24, 2.45) is 7.05 Å². The fourth-order valence-corrected chi connectivity index (χ4v) is 1.55. The van der Waals surface area contributed by atoms with Gasteiger partial charge < -0.3 is 5.32 Å². The molecule has 6 nitrogen and oxygen atoms in total. The summed E-state index contributed by atoms with van der Waals surface area (Å²) in [6, 6.07) is 0. The Hall–Kier alpha value is -1.85. The molecule has 0 aliphatic heterocycles. The first-order valence-electron chi connectivity index (χ1n) is 5.54. The molecule has 1 aromatic heterocycles. The first-order chi connectivity index (χ1) is 7.97. The number of nitro groups is 1. The molecule has 0 saturated heterocycles. The summed E-state index contributed by atoms with van der Waals surface area (Å²) in [4.78, 5) is 10.6. The van der Waals surface area contributed by atoms with Gasteiger partial charge in [0.2, 0.25) is 5.82 Å². The SMILES string of the molecule is CCc1nn(C)c(NCC=C(C)C)c1[N+](=O)[O-]. The van der Waals surface area contributed by atoms with Gasteiger partial charge in [0.05, 0.1) is 4.92 Å². The minimum atomic E-state index is -0.378. The molecule has 0 amide bonds. The lowest BCUT2D eigenvalue weighted by Gasteiger charge is -2.03. The van der Waals surface area contributed by atoms with Crippen LogP contribution in [-0.4, -0.2) is 21.2 Å². The van der Waals surface area contributed by atoms with Gasteiger partial charge in [-0.1, -0.05) is 18.6 Å². The molecule has 0 aliphatic carbocycles. The van der Waals surface area contributed by atoms with Gasteiger partial charge in [0.25, 0.3) is 0 Å². The summed E-state index contributed by atoms with van der Waals surface area (Å²) in [5, 5.41) is 18.2. The van der Waals surface area contributed by atoms with Gasteiger partial charge in [0, 0.05) is 13.6 Å². The Morgan fingerprint density at radius 1 is 1.59 bits per heavy atom. The average Bonchev–Trinajstić information content (AvgIpc) is 2.55. The predicted molar refractivity (Wildman–Crippen MR) is 67.2 cm³/mol. The Bertz CT molecular complexity index is 445. The van der Waals surface area contributed by atoms with E-state index >= 15 is 0 Å². The van der Waals surface area contributed by atoms with Gasteiger partial charge >= 0.3 is 5.69 Å². The van der Waals surface area contributed by atoms with E-state index in [4.69, 9.17) is 0 Å². The van der Waals surface area contributed by atoms with E-state index in [1.54, 1.807) is 7.05 Å². The lowest BCUT2D eigenvalue weighted by atomic mass is 10.3. The van der Waals surface area contributed by atoms with Crippen molar-refractivity contribution in [3.63, 3.8) is 0 Å². The van der Waals surface area contributed by atoms with Gasteiger partial charge in [-0.05, 0) is 20.3 Å². The second-order valence-corrected chi connectivity index (χ2v) is 4.04. The molecule has 0 aromatic carbocycles. The molecule has 6 heteroatoms. The molecule has 0 spiro atoms. The fraction of sp³-hybridized carbons (Fsp3) is 0.545. The number of hydrogen-bond donors (Lipinski definition) is 1. The normalized spacial score (nSPS) is 10.1. The molecule has 1 heterocycles. The summed E-state index contributed by atoms with van der Waals surface area (Å²) in [5.74, 6) is 0.462. The van der Waals surface area contributed by atoms with Crippen LogP contribution in [-0.2, 0) is 13.5 Å². The third-order valence-electron chi connectivity index (χ3n) is 2.39. The summed E-state index contributed by atoms with van der Waals surface area (Å²) in [7, 11) is 1.71. The number of nitrogens with zero attached hydrogens (tertiary/aromatic N) is 3. The lowest BCUT2D eigenvalue weighted by Crippen LogP contribution is -2.06. The van der Waals surface area contributed by atoms with Crippen molar-refractivity contribution in [3.05, 3.63) is 27.5 Å². The zero-order chi connectivity index (χ0) is 13.0. The summed E-state index contributed by atoms with van der Waals surface area (Å²) in [6.07, 6.45) is 2.52. The highest BCUT2D eigenvalue weighted by Gasteiger charge is 2.24. The molecule has 0 saturated carbocycles. The molecule has 0 fully saturated rings. The molecular formula is C11H18N4O2. The highest BCUT2D eigenvalue weighted by Crippen LogP contribution is 2.28. The van der Waals surface area contributed by atoms with Crippen LogP contribution in [0.4, 0.5) is 11.5 Å². The highest BCUT2D eigenvalue weighted by molar-refractivity contribution is 5.60. The zero-order valence-corrected chi connectivity index (χ0v) is 10.6. The van der Waals surface area contributed by atoms with E-state index in [-0.39, 0.29) is 10.6 Å². The summed E-state index contributed by atoms with van der Waals surface area (Å²) in [6.45, 7) is 6.38. The standard InChI is InChI=1S/C11H18N4O2/c1-5-9-10(15(16)17)11(14(4)13-9)12-7-6-8(2)3/h6,12H,5,7H2,1-4H3. The van der Waals surface area contributed by atoms with Gasteiger partial charge in [-0.25, -0.2) is 4.68 Å². The van der Waals surface area contributed by atoms with Crippen LogP contribution in [0.2, 0.25) is 0 Å². The molecule has 1 rings (SSSR count). The molecule has 0 aliphatic rings. The Morgan fingerprint density at radius 2 is 2.24 bits per heavy atom. The van der Waals surface area contributed by atoms with Crippen LogP contribution >= 0.6 is 0 Å². The maximum absolute atomic E-state index is 11.0. The third-order valence-corrected chi connectivity index (χ3v) is 2.39. The van der Waals surface area contributed by atoms with Crippen molar-refractivity contribution in [2.75, 3.05) is 11.9 Å². The van der Waals surface area contributed by atoms with E-state index in [0.717, 1.165) is 5.57 Å². The van der Waals surface area contributed by atoms with Gasteiger partial charge in [-0.3, -0.25) is 10.1 Å². The molecule has 1 N–H and O–H groups in total. The van der Waals surface area contributed by atoms with E-state index in [0.29, 0.717) is 24.5 Å². The highest BCUT2D eigenvalue weighted by atomic mass is 16.6. The number of aryl methyl sites for hydroxylation is 2. The van der Waals surface area contributed by atoms with E-state index in [9.17, 15) is 10.1 Å². The van der Waals surface area contributed by atoms with Gasteiger partial charge in [-0.2, -0.15) is 5.10 Å². The van der Waals surface area contributed by atoms with Crippen molar-refractivity contribution in [3.8, 4) is 0 Å². The number of rotatable bonds is 5. The van der Waals surface area contributed by atoms with Crippen LogP contribution in [0.1, 0.15) is 26.5 Å². The Kier molecular flexibility index (Phi) is 4.25. The smallest absolute Gasteiger partial charge is 0.333 e. The van der Waals surface area contributed by atoms with E-state index in [1.807, 2.05) is 26.8 Å². The van der Waals surface area contributed by atoms with E-state index in [1.165, 1.54) is 4.68 Å². The van der Waals surface area contributed by atoms with Crippen LogP contribution in [0.25, 0.3) is 0 Å². The molecule has 17 heavy (non-hydrogen) atoms. The first-order valence-corrected chi connectivity index (χ1v) is 5.54. The number of hydrogen-bond acceptors (Lipinski definition) is 4. The van der Waals surface area contributed by atoms with Crippen molar-refractivity contribution in [1.82, 2.24) is 9.78 Å². The second-order valence-electron chi connectivity index (χ2n) is 4.04. The predicted octanol–water partition coefficient (Wildman–Crippen LogP) is 2.27. The number of aromatic nitrogens is 2. The maximum atomic E-state index is 11.0. The van der Waals surface area contributed by atoms with E-state index < -0.39 is 0 Å². The van der Waals surface area contributed by atoms with Crippen LogP contribution in [0.15, 0.2) is 11.6 Å². The van der Waals surface area contributed by atoms with Gasteiger partial charge in [-0.15, -0.1) is 0 Å². The van der Waals surface area contributed by atoms with Crippen LogP contribution < -0.4 is 5.32 Å². The largest absolute Gasteiger partial charge is 0.361 e. The molecule has 1 aromatic rings. The summed E-state index contributed by atoms with van der Waals surface area (Å²) >= 11 is 0. The monoisotopic (exact) mass is 238 g/mol. The zero-order valence-electron chi connectivity index (χ0n) is 10.6. The Balaban J connectivity index is 3.01. The van der Waals surface area contributed by atoms with E-state index in [2.05, 4.69) is 10.4 Å². The topological polar surface area (TPSA) is 73.0 Å². The number of allylic oxidation sites excluding steroid dienone is 1. The third kappa shape index (κ3) is 3.05. The summed E-state index contributed by atoms with van der Waals surface area (Å²) < 4.78 is 1.52. The molecule has 0 bridgehead atoms. The quantitative estimate of drug-likeness (QED) is 0.485. The number of anilines is 1. The van der Waals surface area contributed by atoms with Crippen molar-refractivity contribution in [1.29, 1.82) is 0 Å².